The van der Waals surface area contributed by atoms with E-state index in [1.165, 1.54) is 30.6 Å². The summed E-state index contributed by atoms with van der Waals surface area (Å²) in [6.07, 6.45) is 8.50. The summed E-state index contributed by atoms with van der Waals surface area (Å²) in [5.74, 6) is 0.990. The van der Waals surface area contributed by atoms with Crippen molar-refractivity contribution in [1.29, 1.82) is 0 Å². The van der Waals surface area contributed by atoms with Gasteiger partial charge in [-0.3, -0.25) is 14.4 Å². The van der Waals surface area contributed by atoms with Crippen molar-refractivity contribution >= 4 is 28.6 Å². The Morgan fingerprint density at radius 3 is 2.71 bits per heavy atom. The van der Waals surface area contributed by atoms with Crippen molar-refractivity contribution in [2.24, 2.45) is 5.92 Å². The summed E-state index contributed by atoms with van der Waals surface area (Å²) in [5, 5.41) is 3.50. The number of nitrogens with zero attached hydrogens (tertiary/aromatic N) is 4. The Balaban J connectivity index is 1.32. The highest BCUT2D eigenvalue weighted by molar-refractivity contribution is 5.96. The molecule has 2 aromatic carbocycles. The third kappa shape index (κ3) is 5.73. The number of amides is 1. The summed E-state index contributed by atoms with van der Waals surface area (Å²) < 4.78 is 8.10. The van der Waals surface area contributed by atoms with Gasteiger partial charge in [0.05, 0.1) is 18.6 Å². The molecule has 2 aliphatic rings. The van der Waals surface area contributed by atoms with Gasteiger partial charge >= 0.3 is 0 Å². The minimum Gasteiger partial charge on any atom is -0.490 e. The van der Waals surface area contributed by atoms with E-state index in [-0.39, 0.29) is 17.1 Å². The smallest absolute Gasteiger partial charge is 0.280 e. The van der Waals surface area contributed by atoms with Crippen LogP contribution in [0, 0.1) is 5.92 Å². The zero-order valence-electron chi connectivity index (χ0n) is 24.2. The Kier molecular flexibility index (Phi) is 7.90. The third-order valence-corrected chi connectivity index (χ3v) is 8.38. The zero-order valence-corrected chi connectivity index (χ0v) is 24.2. The van der Waals surface area contributed by atoms with Crippen molar-refractivity contribution in [3.05, 3.63) is 81.8 Å². The molecule has 10 nitrogen and oxygen atoms in total. The molecular weight excluding hydrogens is 532 g/mol. The van der Waals surface area contributed by atoms with Crippen LogP contribution in [0.1, 0.15) is 47.7 Å². The first-order valence-corrected chi connectivity index (χ1v) is 14.5. The number of carbonyl (C=O) groups is 1. The van der Waals surface area contributed by atoms with Gasteiger partial charge in [0.15, 0.2) is 5.65 Å². The number of piperidine rings is 1. The van der Waals surface area contributed by atoms with E-state index in [4.69, 9.17) is 14.6 Å². The largest absolute Gasteiger partial charge is 0.490 e. The number of fused-ring (bicyclic) bond motifs is 2. The van der Waals surface area contributed by atoms with E-state index in [0.717, 1.165) is 62.3 Å². The summed E-state index contributed by atoms with van der Waals surface area (Å²) in [6, 6.07) is 13.9. The molecule has 10 heteroatoms. The molecule has 218 valence electrons. The molecule has 0 radical (unpaired) electrons. The number of nitrogens with one attached hydrogen (secondary N) is 2. The van der Waals surface area contributed by atoms with Crippen LogP contribution in [0.5, 0.6) is 5.75 Å². The molecule has 1 unspecified atom stereocenters. The molecule has 3 heterocycles. The molecule has 1 fully saturated rings. The second kappa shape index (κ2) is 11.9. The van der Waals surface area contributed by atoms with Gasteiger partial charge < -0.3 is 19.5 Å². The van der Waals surface area contributed by atoms with Crippen LogP contribution in [-0.2, 0) is 17.7 Å². The fourth-order valence-electron chi connectivity index (χ4n) is 5.97. The number of ether oxygens (including phenoxy) is 1. The average molecular weight is 569 g/mol. The van der Waals surface area contributed by atoms with E-state index in [9.17, 15) is 9.59 Å². The topological polar surface area (TPSA) is 111 Å². The fourth-order valence-corrected chi connectivity index (χ4v) is 5.97. The van der Waals surface area contributed by atoms with Crippen LogP contribution in [0.4, 0.5) is 11.6 Å². The SMILES string of the molecule is CONC(=O)c1cn(-c2ccc3c(c2)CCC3)c2nc(Nc3cccc(OC(C)C4CCN(C)CC4)c3)ncc2c1=O. The van der Waals surface area contributed by atoms with Gasteiger partial charge in [-0.25, -0.2) is 10.5 Å². The molecule has 42 heavy (non-hydrogen) atoms. The minimum atomic E-state index is -0.632. The van der Waals surface area contributed by atoms with Crippen molar-refractivity contribution in [3.63, 3.8) is 0 Å². The molecule has 0 bridgehead atoms. The van der Waals surface area contributed by atoms with Gasteiger partial charge in [0.2, 0.25) is 11.4 Å². The number of aryl methyl sites for hydroxylation is 2. The van der Waals surface area contributed by atoms with Gasteiger partial charge in [0, 0.05) is 29.8 Å². The highest BCUT2D eigenvalue weighted by Gasteiger charge is 2.24. The molecule has 0 spiro atoms. The molecule has 1 atom stereocenters. The first-order valence-electron chi connectivity index (χ1n) is 14.5. The summed E-state index contributed by atoms with van der Waals surface area (Å²) in [6.45, 7) is 4.32. The first kappa shape index (κ1) is 27.9. The molecule has 6 rings (SSSR count). The normalized spacial score (nSPS) is 16.3. The van der Waals surface area contributed by atoms with Gasteiger partial charge in [-0.05, 0) is 100 Å². The van der Waals surface area contributed by atoms with Crippen LogP contribution in [-0.4, -0.2) is 58.7 Å². The van der Waals surface area contributed by atoms with Gasteiger partial charge in [0.1, 0.15) is 11.3 Å². The predicted molar refractivity (Wildman–Crippen MR) is 162 cm³/mol. The van der Waals surface area contributed by atoms with Crippen LogP contribution in [0.25, 0.3) is 16.7 Å². The molecule has 0 saturated carbocycles. The highest BCUT2D eigenvalue weighted by atomic mass is 16.6. The van der Waals surface area contributed by atoms with Crippen LogP contribution in [0.15, 0.2) is 59.7 Å². The fraction of sp³-hybridized carbons (Fsp3) is 0.375. The molecule has 2 N–H and O–H groups in total. The Labute approximate surface area is 244 Å². The Morgan fingerprint density at radius 2 is 1.90 bits per heavy atom. The van der Waals surface area contributed by atoms with Gasteiger partial charge in [-0.2, -0.15) is 4.98 Å². The maximum absolute atomic E-state index is 13.3. The molecular formula is C32H36N6O4. The lowest BCUT2D eigenvalue weighted by molar-refractivity contribution is 0.0536. The van der Waals surface area contributed by atoms with Gasteiger partial charge in [0.25, 0.3) is 5.91 Å². The number of hydroxylamine groups is 1. The van der Waals surface area contributed by atoms with Crippen LogP contribution in [0.3, 0.4) is 0 Å². The van der Waals surface area contributed by atoms with E-state index in [1.54, 1.807) is 4.57 Å². The van der Waals surface area contributed by atoms with Crippen molar-refractivity contribution in [3.8, 4) is 11.4 Å². The molecule has 4 aromatic rings. The standard InChI is InChI=1S/C32H36N6O4/c1-20(21-12-14-37(2)15-13-21)42-26-9-5-8-24(17-26)34-32-33-18-27-29(39)28(31(40)36-41-3)19-38(30(27)35-32)25-11-10-22-6-4-7-23(22)16-25/h5,8-11,16-21H,4,6-7,12-15H2,1-3H3,(H,36,40)(H,33,34,35). The van der Waals surface area contributed by atoms with Crippen molar-refractivity contribution in [2.45, 2.75) is 45.1 Å². The number of likely N-dealkylation sites (tertiary alicyclic amines) is 1. The number of rotatable bonds is 8. The zero-order chi connectivity index (χ0) is 29.2. The molecule has 2 aromatic heterocycles. The van der Waals surface area contributed by atoms with Crippen LogP contribution in [0.2, 0.25) is 0 Å². The number of hydrogen-bond acceptors (Lipinski definition) is 8. The summed E-state index contributed by atoms with van der Waals surface area (Å²) in [5.41, 5.74) is 6.29. The Morgan fingerprint density at radius 1 is 1.10 bits per heavy atom. The minimum absolute atomic E-state index is 0.0576. The summed E-state index contributed by atoms with van der Waals surface area (Å²) in [4.78, 5) is 42.4. The van der Waals surface area contributed by atoms with E-state index >= 15 is 0 Å². The van der Waals surface area contributed by atoms with Gasteiger partial charge in [-0.1, -0.05) is 12.1 Å². The van der Waals surface area contributed by atoms with E-state index in [2.05, 4.69) is 46.8 Å². The number of anilines is 2. The van der Waals surface area contributed by atoms with E-state index in [1.807, 2.05) is 30.3 Å². The monoisotopic (exact) mass is 568 g/mol. The van der Waals surface area contributed by atoms with Crippen molar-refractivity contribution in [2.75, 3.05) is 32.6 Å². The Bertz CT molecular complexity index is 1680. The first-order chi connectivity index (χ1) is 20.4. The van der Waals surface area contributed by atoms with Crippen molar-refractivity contribution in [1.82, 2.24) is 24.9 Å². The maximum atomic E-state index is 13.3. The predicted octanol–water partition coefficient (Wildman–Crippen LogP) is 4.41. The van der Waals surface area contributed by atoms with E-state index < -0.39 is 11.3 Å². The number of benzene rings is 2. The summed E-state index contributed by atoms with van der Waals surface area (Å²) in [7, 11) is 3.49. The van der Waals surface area contributed by atoms with E-state index in [0.29, 0.717) is 17.5 Å². The molecule has 1 amide bonds. The van der Waals surface area contributed by atoms with Crippen molar-refractivity contribution < 1.29 is 14.4 Å². The highest BCUT2D eigenvalue weighted by Crippen LogP contribution is 2.28. The quantitative estimate of drug-likeness (QED) is 0.301. The maximum Gasteiger partial charge on any atom is 0.280 e. The molecule has 1 aliphatic heterocycles. The average Bonchev–Trinajstić information content (AvgIpc) is 3.46. The van der Waals surface area contributed by atoms with Gasteiger partial charge in [-0.15, -0.1) is 0 Å². The number of hydrogen-bond donors (Lipinski definition) is 2. The lowest BCUT2D eigenvalue weighted by atomic mass is 9.92. The second-order valence-corrected chi connectivity index (χ2v) is 11.2. The lowest BCUT2D eigenvalue weighted by Crippen LogP contribution is -2.36. The second-order valence-electron chi connectivity index (χ2n) is 11.2. The molecule has 1 saturated heterocycles. The van der Waals surface area contributed by atoms with Crippen LogP contribution < -0.4 is 21.0 Å². The number of pyridine rings is 1. The molecule has 1 aliphatic carbocycles. The Hall–Kier alpha value is -4.28. The number of carbonyl (C=O) groups excluding carboxylic acids is 1. The summed E-state index contributed by atoms with van der Waals surface area (Å²) >= 11 is 0. The van der Waals surface area contributed by atoms with Crippen LogP contribution >= 0.6 is 0 Å². The lowest BCUT2D eigenvalue weighted by Gasteiger charge is -2.32. The number of aromatic nitrogens is 3. The third-order valence-electron chi connectivity index (χ3n) is 8.38.